The van der Waals surface area contributed by atoms with Crippen molar-refractivity contribution in [1.29, 1.82) is 0 Å². The van der Waals surface area contributed by atoms with E-state index < -0.39 is 0 Å². The van der Waals surface area contributed by atoms with Crippen molar-refractivity contribution in [3.8, 4) is 11.4 Å². The molecule has 3 aromatic carbocycles. The summed E-state index contributed by atoms with van der Waals surface area (Å²) in [6.45, 7) is 5.80. The Morgan fingerprint density at radius 3 is 2.44 bits per heavy atom. The van der Waals surface area contributed by atoms with Gasteiger partial charge < -0.3 is 0 Å². The van der Waals surface area contributed by atoms with Gasteiger partial charge in [0.2, 0.25) is 0 Å². The second kappa shape index (κ2) is 7.81. The highest BCUT2D eigenvalue weighted by molar-refractivity contribution is 5.90. The molecule has 0 unspecified atom stereocenters. The number of aromatic amines is 1. The van der Waals surface area contributed by atoms with Crippen molar-refractivity contribution >= 4 is 22.7 Å². The number of fused-ring (bicyclic) bond motifs is 1. The summed E-state index contributed by atoms with van der Waals surface area (Å²) in [5, 5.41) is 9.94. The number of nitrogens with zero attached hydrogens (tertiary/aromatic N) is 4. The Bertz CT molecular complexity index is 1510. The predicted molar refractivity (Wildman–Crippen MR) is 129 cm³/mol. The van der Waals surface area contributed by atoms with Crippen molar-refractivity contribution in [2.45, 2.75) is 20.8 Å². The first-order valence-electron chi connectivity index (χ1n) is 10.5. The molecular formula is C26H23N5O. The molecule has 158 valence electrons. The molecule has 0 aliphatic carbocycles. The van der Waals surface area contributed by atoms with E-state index in [0.29, 0.717) is 5.56 Å². The van der Waals surface area contributed by atoms with E-state index in [1.807, 2.05) is 98.2 Å². The van der Waals surface area contributed by atoms with E-state index in [0.717, 1.165) is 44.9 Å². The molecule has 0 aliphatic rings. The fourth-order valence-corrected chi connectivity index (χ4v) is 4.06. The zero-order valence-electron chi connectivity index (χ0n) is 18.2. The van der Waals surface area contributed by atoms with Crippen molar-refractivity contribution in [2.75, 3.05) is 0 Å². The van der Waals surface area contributed by atoms with E-state index in [1.165, 1.54) is 0 Å². The van der Waals surface area contributed by atoms with Gasteiger partial charge in [0.1, 0.15) is 5.69 Å². The highest BCUT2D eigenvalue weighted by atomic mass is 16.1. The molecule has 0 bridgehead atoms. The zero-order chi connectivity index (χ0) is 22.2. The highest BCUT2D eigenvalue weighted by Crippen LogP contribution is 2.26. The van der Waals surface area contributed by atoms with E-state index in [2.05, 4.69) is 15.2 Å². The van der Waals surface area contributed by atoms with Crippen LogP contribution >= 0.6 is 0 Å². The lowest BCUT2D eigenvalue weighted by Gasteiger charge is -2.06. The fraction of sp³-hybridized carbons (Fsp3) is 0.115. The van der Waals surface area contributed by atoms with Crippen LogP contribution in [-0.2, 0) is 0 Å². The van der Waals surface area contributed by atoms with Crippen LogP contribution in [0.15, 0.2) is 82.6 Å². The normalized spacial score (nSPS) is 11.6. The van der Waals surface area contributed by atoms with Gasteiger partial charge in [0.25, 0.3) is 5.56 Å². The fourth-order valence-electron chi connectivity index (χ4n) is 4.06. The summed E-state index contributed by atoms with van der Waals surface area (Å²) < 4.78 is 3.46. The smallest absolute Gasteiger partial charge is 0.280 e. The van der Waals surface area contributed by atoms with Crippen LogP contribution in [0, 0.1) is 20.8 Å². The van der Waals surface area contributed by atoms with Gasteiger partial charge in [-0.05, 0) is 44.4 Å². The summed E-state index contributed by atoms with van der Waals surface area (Å²) in [5.41, 5.74) is 5.46. The number of nitrogens with one attached hydrogen (secondary N) is 1. The lowest BCUT2D eigenvalue weighted by atomic mass is 10.1. The molecule has 0 spiro atoms. The minimum absolute atomic E-state index is 0.131. The zero-order valence-corrected chi connectivity index (χ0v) is 18.2. The average Bonchev–Trinajstić information content (AvgIpc) is 3.26. The number of para-hydroxylation sites is 1. The Labute approximate surface area is 185 Å². The van der Waals surface area contributed by atoms with Crippen LogP contribution in [0.2, 0.25) is 0 Å². The molecule has 0 atom stereocenters. The molecule has 2 heterocycles. The number of H-pyrrole nitrogens is 1. The molecule has 1 N–H and O–H groups in total. The summed E-state index contributed by atoms with van der Waals surface area (Å²) in [6, 6.07) is 23.9. The van der Waals surface area contributed by atoms with Crippen LogP contribution in [0.1, 0.15) is 22.6 Å². The third-order valence-electron chi connectivity index (χ3n) is 5.70. The minimum atomic E-state index is -0.131. The molecule has 2 aromatic heterocycles. The quantitative estimate of drug-likeness (QED) is 0.406. The minimum Gasteiger partial charge on any atom is -0.295 e. The van der Waals surface area contributed by atoms with Gasteiger partial charge >= 0.3 is 0 Å². The summed E-state index contributed by atoms with van der Waals surface area (Å²) in [7, 11) is 0. The average molecular weight is 422 g/mol. The van der Waals surface area contributed by atoms with Crippen molar-refractivity contribution in [2.24, 2.45) is 4.99 Å². The molecule has 5 rings (SSSR count). The number of aliphatic imine (C=N–C) groups is 1. The number of aryl methyl sites for hydroxylation is 2. The molecule has 32 heavy (non-hydrogen) atoms. The first-order chi connectivity index (χ1) is 15.5. The Morgan fingerprint density at radius 1 is 0.906 bits per heavy atom. The van der Waals surface area contributed by atoms with Gasteiger partial charge in [0.05, 0.1) is 28.3 Å². The van der Waals surface area contributed by atoms with Crippen molar-refractivity contribution in [1.82, 2.24) is 19.6 Å². The van der Waals surface area contributed by atoms with Gasteiger partial charge in [0, 0.05) is 17.3 Å². The van der Waals surface area contributed by atoms with Crippen LogP contribution in [0.25, 0.3) is 22.1 Å². The van der Waals surface area contributed by atoms with Crippen molar-refractivity contribution in [3.05, 3.63) is 106 Å². The number of hydrogen-bond donors (Lipinski definition) is 1. The molecular weight excluding hydrogens is 398 g/mol. The maximum absolute atomic E-state index is 13.3. The molecule has 0 radical (unpaired) electrons. The van der Waals surface area contributed by atoms with Gasteiger partial charge in [-0.15, -0.1) is 0 Å². The maximum Gasteiger partial charge on any atom is 0.280 e. The van der Waals surface area contributed by atoms with Gasteiger partial charge in [-0.1, -0.05) is 54.6 Å². The van der Waals surface area contributed by atoms with Crippen LogP contribution in [0.5, 0.6) is 0 Å². The third kappa shape index (κ3) is 3.26. The molecule has 0 saturated carbocycles. The predicted octanol–water partition coefficient (Wildman–Crippen LogP) is 5.18. The van der Waals surface area contributed by atoms with Crippen LogP contribution in [0.3, 0.4) is 0 Å². The largest absolute Gasteiger partial charge is 0.295 e. The molecule has 0 aliphatic heterocycles. The van der Waals surface area contributed by atoms with Gasteiger partial charge in [-0.3, -0.25) is 14.9 Å². The second-order valence-electron chi connectivity index (χ2n) is 7.81. The maximum atomic E-state index is 13.3. The Balaban J connectivity index is 1.56. The number of benzene rings is 3. The first-order valence-corrected chi connectivity index (χ1v) is 10.5. The van der Waals surface area contributed by atoms with Crippen LogP contribution < -0.4 is 5.56 Å². The third-order valence-corrected chi connectivity index (χ3v) is 5.70. The highest BCUT2D eigenvalue weighted by Gasteiger charge is 2.15. The standard InChI is InChI=1S/C26H23N5O/c1-17-23(16-27-25-18(2)29-30(19(25)3)21-12-5-4-6-13-21)26(32)31(28-17)24-15-9-11-20-10-7-8-14-22(20)24/h4-16,28H,1-3H3. The molecule has 5 aromatic rings. The Morgan fingerprint density at radius 2 is 1.62 bits per heavy atom. The Hall–Kier alpha value is -4.19. The van der Waals surface area contributed by atoms with Crippen LogP contribution in [-0.4, -0.2) is 25.8 Å². The molecule has 6 nitrogen and oxygen atoms in total. The van der Waals surface area contributed by atoms with E-state index in [4.69, 9.17) is 0 Å². The Kier molecular flexibility index (Phi) is 4.82. The van der Waals surface area contributed by atoms with Crippen molar-refractivity contribution < 1.29 is 0 Å². The molecule has 0 amide bonds. The monoisotopic (exact) mass is 421 g/mol. The first kappa shape index (κ1) is 19.8. The van der Waals surface area contributed by atoms with Crippen molar-refractivity contribution in [3.63, 3.8) is 0 Å². The van der Waals surface area contributed by atoms with Gasteiger partial charge in [0.15, 0.2) is 0 Å². The SMILES string of the molecule is Cc1nn(-c2ccccc2)c(C)c1N=Cc1c(C)[nH]n(-c2cccc3ccccc23)c1=O. The van der Waals surface area contributed by atoms with Crippen LogP contribution in [0.4, 0.5) is 5.69 Å². The van der Waals surface area contributed by atoms with E-state index in [-0.39, 0.29) is 5.56 Å². The number of aromatic nitrogens is 4. The molecule has 0 saturated heterocycles. The number of hydrogen-bond acceptors (Lipinski definition) is 3. The second-order valence-corrected chi connectivity index (χ2v) is 7.81. The van der Waals surface area contributed by atoms with Gasteiger partial charge in [-0.2, -0.15) is 5.10 Å². The lowest BCUT2D eigenvalue weighted by Crippen LogP contribution is -2.17. The molecule has 0 fully saturated rings. The summed E-state index contributed by atoms with van der Waals surface area (Å²) in [5.74, 6) is 0. The summed E-state index contributed by atoms with van der Waals surface area (Å²) in [4.78, 5) is 17.9. The lowest BCUT2D eigenvalue weighted by molar-refractivity contribution is 0.834. The van der Waals surface area contributed by atoms with E-state index in [9.17, 15) is 4.79 Å². The van der Waals surface area contributed by atoms with E-state index in [1.54, 1.807) is 10.9 Å². The van der Waals surface area contributed by atoms with Gasteiger partial charge in [-0.25, -0.2) is 9.36 Å². The topological polar surface area (TPSA) is 68.0 Å². The number of rotatable bonds is 4. The van der Waals surface area contributed by atoms with E-state index >= 15 is 0 Å². The summed E-state index contributed by atoms with van der Waals surface area (Å²) >= 11 is 0. The summed E-state index contributed by atoms with van der Waals surface area (Å²) in [6.07, 6.45) is 1.64. The molecule has 6 heteroatoms.